The minimum absolute atomic E-state index is 0.106. The lowest BCUT2D eigenvalue weighted by molar-refractivity contribution is -0.115. The van der Waals surface area contributed by atoms with Crippen LogP contribution >= 0.6 is 0 Å². The van der Waals surface area contributed by atoms with Crippen molar-refractivity contribution in [2.75, 3.05) is 5.32 Å². The fraction of sp³-hybridized carbons (Fsp3) is 0.333. The molecule has 150 valence electrons. The second-order valence-electron chi connectivity index (χ2n) is 5.98. The van der Waals surface area contributed by atoms with Crippen molar-refractivity contribution >= 4 is 11.6 Å². The lowest BCUT2D eigenvalue weighted by Gasteiger charge is -2.04. The Kier molecular flexibility index (Phi) is 9.72. The van der Waals surface area contributed by atoms with E-state index >= 15 is 0 Å². The highest BCUT2D eigenvalue weighted by Gasteiger charge is 2.14. The van der Waals surface area contributed by atoms with Crippen LogP contribution in [0.5, 0.6) is 0 Å². The van der Waals surface area contributed by atoms with E-state index in [1.54, 1.807) is 0 Å². The Hall–Kier alpha value is -2.88. The number of benzene rings is 2. The van der Waals surface area contributed by atoms with Crippen LogP contribution in [0.2, 0.25) is 0 Å². The van der Waals surface area contributed by atoms with Gasteiger partial charge in [-0.3, -0.25) is 4.79 Å². The van der Waals surface area contributed by atoms with Gasteiger partial charge in [0.2, 0.25) is 11.8 Å². The molecule has 0 spiro atoms. The van der Waals surface area contributed by atoms with Crippen LogP contribution in [0.1, 0.15) is 50.3 Å². The number of carbonyl (C=O) groups excluding carboxylic acids is 1. The standard InChI is InChI=1S/C20H20N2O2.2C2H6/c1-13-4-8-16(9-5-13)20-22-18(15(3)24-20)12-19(23)21-17-10-6-14(2)7-11-17;2*1-2/h4-11H,12H2,1-3H3,(H,21,23);2*1-2H3. The summed E-state index contributed by atoms with van der Waals surface area (Å²) in [5, 5.41) is 2.88. The maximum atomic E-state index is 12.2. The summed E-state index contributed by atoms with van der Waals surface area (Å²) in [5.41, 5.74) is 4.69. The van der Waals surface area contributed by atoms with Gasteiger partial charge >= 0.3 is 0 Å². The molecule has 0 saturated heterocycles. The molecule has 0 saturated carbocycles. The highest BCUT2D eigenvalue weighted by Crippen LogP contribution is 2.22. The van der Waals surface area contributed by atoms with Crippen LogP contribution in [-0.2, 0) is 11.2 Å². The van der Waals surface area contributed by atoms with E-state index in [0.717, 1.165) is 16.8 Å². The number of amides is 1. The van der Waals surface area contributed by atoms with E-state index in [2.05, 4.69) is 10.3 Å². The summed E-state index contributed by atoms with van der Waals surface area (Å²) in [5.74, 6) is 1.11. The number of aromatic nitrogens is 1. The predicted octanol–water partition coefficient (Wildman–Crippen LogP) is 6.50. The van der Waals surface area contributed by atoms with Gasteiger partial charge in [0.15, 0.2) is 0 Å². The molecule has 0 unspecified atom stereocenters. The van der Waals surface area contributed by atoms with Gasteiger partial charge in [-0.1, -0.05) is 63.1 Å². The Labute approximate surface area is 169 Å². The van der Waals surface area contributed by atoms with Crippen molar-refractivity contribution in [3.05, 3.63) is 71.1 Å². The molecule has 4 nitrogen and oxygen atoms in total. The lowest BCUT2D eigenvalue weighted by atomic mass is 10.1. The summed E-state index contributed by atoms with van der Waals surface area (Å²) >= 11 is 0. The summed E-state index contributed by atoms with van der Waals surface area (Å²) in [7, 11) is 0. The molecule has 0 aliphatic heterocycles. The van der Waals surface area contributed by atoms with Crippen LogP contribution in [0.4, 0.5) is 5.69 Å². The number of anilines is 1. The Morgan fingerprint density at radius 1 is 0.857 bits per heavy atom. The normalized spacial score (nSPS) is 9.54. The Morgan fingerprint density at radius 3 is 1.89 bits per heavy atom. The Balaban J connectivity index is 0.000000921. The van der Waals surface area contributed by atoms with Crippen LogP contribution in [0.3, 0.4) is 0 Å². The van der Waals surface area contributed by atoms with Gasteiger partial charge in [0.1, 0.15) is 5.76 Å². The minimum Gasteiger partial charge on any atom is -0.441 e. The van der Waals surface area contributed by atoms with Gasteiger partial charge in [0.25, 0.3) is 0 Å². The third kappa shape index (κ3) is 6.69. The zero-order chi connectivity index (χ0) is 21.1. The minimum atomic E-state index is -0.106. The summed E-state index contributed by atoms with van der Waals surface area (Å²) in [6, 6.07) is 15.7. The molecule has 1 aromatic heterocycles. The molecule has 3 aromatic rings. The molecule has 0 atom stereocenters. The molecule has 0 radical (unpaired) electrons. The van der Waals surface area contributed by atoms with Crippen molar-refractivity contribution in [3.8, 4) is 11.5 Å². The van der Waals surface area contributed by atoms with Gasteiger partial charge in [0.05, 0.1) is 12.1 Å². The SMILES string of the molecule is CC.CC.Cc1ccc(NC(=O)Cc2nc(-c3ccc(C)cc3)oc2C)cc1. The third-order valence-corrected chi connectivity index (χ3v) is 3.85. The number of carbonyl (C=O) groups is 1. The van der Waals surface area contributed by atoms with E-state index in [-0.39, 0.29) is 12.3 Å². The van der Waals surface area contributed by atoms with E-state index in [1.165, 1.54) is 5.56 Å². The first kappa shape index (κ1) is 23.2. The monoisotopic (exact) mass is 380 g/mol. The van der Waals surface area contributed by atoms with E-state index in [0.29, 0.717) is 17.3 Å². The maximum absolute atomic E-state index is 12.2. The van der Waals surface area contributed by atoms with Crippen molar-refractivity contribution in [2.45, 2.75) is 54.9 Å². The first-order valence-electron chi connectivity index (χ1n) is 9.91. The first-order valence-corrected chi connectivity index (χ1v) is 9.91. The maximum Gasteiger partial charge on any atom is 0.230 e. The summed E-state index contributed by atoms with van der Waals surface area (Å²) < 4.78 is 5.72. The van der Waals surface area contributed by atoms with Gasteiger partial charge in [-0.2, -0.15) is 0 Å². The Bertz CT molecular complexity index is 847. The van der Waals surface area contributed by atoms with Crippen LogP contribution in [0, 0.1) is 20.8 Å². The fourth-order valence-corrected chi connectivity index (χ4v) is 2.41. The van der Waals surface area contributed by atoms with E-state index in [9.17, 15) is 4.79 Å². The molecular formula is C24H32N2O2. The lowest BCUT2D eigenvalue weighted by Crippen LogP contribution is -2.15. The van der Waals surface area contributed by atoms with Crippen molar-refractivity contribution in [2.24, 2.45) is 0 Å². The number of nitrogens with zero attached hydrogens (tertiary/aromatic N) is 1. The molecule has 2 aromatic carbocycles. The molecule has 3 rings (SSSR count). The number of hydrogen-bond acceptors (Lipinski definition) is 3. The van der Waals surface area contributed by atoms with Crippen molar-refractivity contribution in [3.63, 3.8) is 0 Å². The summed E-state index contributed by atoms with van der Waals surface area (Å²) in [6.45, 7) is 13.9. The van der Waals surface area contributed by atoms with Crippen LogP contribution < -0.4 is 5.32 Å². The average molecular weight is 381 g/mol. The predicted molar refractivity (Wildman–Crippen MR) is 118 cm³/mol. The number of oxazole rings is 1. The molecule has 4 heteroatoms. The molecule has 28 heavy (non-hydrogen) atoms. The molecular weight excluding hydrogens is 348 g/mol. The number of hydrogen-bond donors (Lipinski definition) is 1. The van der Waals surface area contributed by atoms with E-state index in [4.69, 9.17) is 4.42 Å². The highest BCUT2D eigenvalue weighted by molar-refractivity contribution is 5.92. The largest absolute Gasteiger partial charge is 0.441 e. The van der Waals surface area contributed by atoms with Gasteiger partial charge in [0, 0.05) is 11.3 Å². The van der Waals surface area contributed by atoms with E-state index in [1.807, 2.05) is 97.0 Å². The molecule has 1 N–H and O–H groups in total. The quantitative estimate of drug-likeness (QED) is 0.562. The van der Waals surface area contributed by atoms with E-state index < -0.39 is 0 Å². The van der Waals surface area contributed by atoms with Crippen molar-refractivity contribution in [1.82, 2.24) is 4.98 Å². The summed E-state index contributed by atoms with van der Waals surface area (Å²) in [4.78, 5) is 16.7. The number of nitrogens with one attached hydrogen (secondary N) is 1. The first-order chi connectivity index (χ1) is 13.5. The summed E-state index contributed by atoms with van der Waals surface area (Å²) in [6.07, 6.45) is 0.190. The molecule has 0 fully saturated rings. The number of aryl methyl sites for hydroxylation is 3. The smallest absolute Gasteiger partial charge is 0.230 e. The van der Waals surface area contributed by atoms with Crippen LogP contribution in [0.15, 0.2) is 52.9 Å². The molecule has 1 heterocycles. The molecule has 0 aliphatic carbocycles. The van der Waals surface area contributed by atoms with Crippen molar-refractivity contribution in [1.29, 1.82) is 0 Å². The zero-order valence-electron chi connectivity index (χ0n) is 18.1. The fourth-order valence-electron chi connectivity index (χ4n) is 2.41. The third-order valence-electron chi connectivity index (χ3n) is 3.85. The van der Waals surface area contributed by atoms with Gasteiger partial charge in [-0.25, -0.2) is 4.98 Å². The molecule has 0 bridgehead atoms. The molecule has 0 aliphatic rings. The van der Waals surface area contributed by atoms with Crippen LogP contribution in [-0.4, -0.2) is 10.9 Å². The second kappa shape index (κ2) is 11.8. The Morgan fingerprint density at radius 2 is 1.36 bits per heavy atom. The van der Waals surface area contributed by atoms with Crippen LogP contribution in [0.25, 0.3) is 11.5 Å². The molecule has 1 amide bonds. The van der Waals surface area contributed by atoms with Gasteiger partial charge in [-0.05, 0) is 45.0 Å². The average Bonchev–Trinajstić information content (AvgIpc) is 3.07. The van der Waals surface area contributed by atoms with Gasteiger partial charge in [-0.15, -0.1) is 0 Å². The van der Waals surface area contributed by atoms with Crippen molar-refractivity contribution < 1.29 is 9.21 Å². The second-order valence-corrected chi connectivity index (χ2v) is 5.98. The van der Waals surface area contributed by atoms with Gasteiger partial charge < -0.3 is 9.73 Å². The zero-order valence-corrected chi connectivity index (χ0v) is 18.1. The number of rotatable bonds is 4. The highest BCUT2D eigenvalue weighted by atomic mass is 16.4. The topological polar surface area (TPSA) is 55.1 Å².